The topological polar surface area (TPSA) is 57.7 Å². The SMILES string of the molecule is Cc1ncc2c(n1)CN(Cc1nc3c(F)cccc3[nH]1)CC2. The van der Waals surface area contributed by atoms with Crippen molar-refractivity contribution in [1.82, 2.24) is 24.8 Å². The van der Waals surface area contributed by atoms with Crippen molar-refractivity contribution < 1.29 is 4.39 Å². The van der Waals surface area contributed by atoms with Crippen LogP contribution in [0.15, 0.2) is 24.4 Å². The van der Waals surface area contributed by atoms with Crippen molar-refractivity contribution in [3.8, 4) is 0 Å². The molecule has 3 aromatic rings. The van der Waals surface area contributed by atoms with Crippen molar-refractivity contribution in [2.24, 2.45) is 0 Å². The van der Waals surface area contributed by atoms with Gasteiger partial charge in [0.05, 0.1) is 17.8 Å². The van der Waals surface area contributed by atoms with Crippen LogP contribution in [0.2, 0.25) is 0 Å². The number of fused-ring (bicyclic) bond motifs is 2. The Bertz CT molecular complexity index is 842. The summed E-state index contributed by atoms with van der Waals surface area (Å²) in [4.78, 5) is 18.6. The van der Waals surface area contributed by atoms with E-state index in [1.807, 2.05) is 19.2 Å². The van der Waals surface area contributed by atoms with Crippen molar-refractivity contribution >= 4 is 11.0 Å². The van der Waals surface area contributed by atoms with Gasteiger partial charge in [0.2, 0.25) is 0 Å². The molecule has 0 saturated carbocycles. The molecular formula is C16H16FN5. The Balaban J connectivity index is 1.57. The van der Waals surface area contributed by atoms with E-state index in [-0.39, 0.29) is 5.82 Å². The lowest BCUT2D eigenvalue weighted by molar-refractivity contribution is 0.236. The van der Waals surface area contributed by atoms with Gasteiger partial charge in [-0.15, -0.1) is 0 Å². The van der Waals surface area contributed by atoms with E-state index in [4.69, 9.17) is 0 Å². The molecular weight excluding hydrogens is 281 g/mol. The average molecular weight is 297 g/mol. The molecule has 1 aliphatic rings. The quantitative estimate of drug-likeness (QED) is 0.789. The van der Waals surface area contributed by atoms with Crippen LogP contribution in [0.4, 0.5) is 4.39 Å². The Morgan fingerprint density at radius 2 is 2.23 bits per heavy atom. The Kier molecular flexibility index (Phi) is 3.11. The lowest BCUT2D eigenvalue weighted by Gasteiger charge is -2.26. The molecule has 0 aliphatic carbocycles. The number of imidazole rings is 1. The minimum absolute atomic E-state index is 0.285. The molecule has 1 aliphatic heterocycles. The van der Waals surface area contributed by atoms with E-state index in [1.54, 1.807) is 6.07 Å². The minimum Gasteiger partial charge on any atom is -0.341 e. The van der Waals surface area contributed by atoms with E-state index in [0.717, 1.165) is 42.4 Å². The van der Waals surface area contributed by atoms with E-state index >= 15 is 0 Å². The molecule has 112 valence electrons. The Morgan fingerprint density at radius 3 is 3.09 bits per heavy atom. The molecule has 4 rings (SSSR count). The first-order chi connectivity index (χ1) is 10.7. The molecule has 6 heteroatoms. The summed E-state index contributed by atoms with van der Waals surface area (Å²) in [5, 5.41) is 0. The number of nitrogens with zero attached hydrogens (tertiary/aromatic N) is 4. The number of benzene rings is 1. The monoisotopic (exact) mass is 297 g/mol. The lowest BCUT2D eigenvalue weighted by Crippen LogP contribution is -2.31. The summed E-state index contributed by atoms with van der Waals surface area (Å²) >= 11 is 0. The molecule has 0 atom stereocenters. The van der Waals surface area contributed by atoms with Gasteiger partial charge in [0.1, 0.15) is 17.2 Å². The summed E-state index contributed by atoms with van der Waals surface area (Å²) in [6.45, 7) is 4.27. The molecule has 22 heavy (non-hydrogen) atoms. The van der Waals surface area contributed by atoms with Crippen molar-refractivity contribution in [1.29, 1.82) is 0 Å². The molecule has 0 unspecified atom stereocenters. The highest BCUT2D eigenvalue weighted by molar-refractivity contribution is 5.75. The largest absolute Gasteiger partial charge is 0.341 e. The number of hydrogen-bond acceptors (Lipinski definition) is 4. The van der Waals surface area contributed by atoms with E-state index in [1.165, 1.54) is 11.6 Å². The fourth-order valence-electron chi connectivity index (χ4n) is 2.93. The third-order valence-corrected chi connectivity index (χ3v) is 4.03. The van der Waals surface area contributed by atoms with Gasteiger partial charge < -0.3 is 4.98 Å². The zero-order valence-corrected chi connectivity index (χ0v) is 12.3. The van der Waals surface area contributed by atoms with Gasteiger partial charge in [0, 0.05) is 19.3 Å². The van der Waals surface area contributed by atoms with Crippen molar-refractivity contribution in [3.05, 3.63) is 53.1 Å². The van der Waals surface area contributed by atoms with Crippen molar-refractivity contribution in [3.63, 3.8) is 0 Å². The molecule has 1 N–H and O–H groups in total. The van der Waals surface area contributed by atoms with Crippen LogP contribution in [-0.4, -0.2) is 31.4 Å². The number of H-pyrrole nitrogens is 1. The second kappa shape index (κ2) is 5.14. The molecule has 3 heterocycles. The molecule has 2 aromatic heterocycles. The van der Waals surface area contributed by atoms with E-state index < -0.39 is 0 Å². The summed E-state index contributed by atoms with van der Waals surface area (Å²) in [5.74, 6) is 1.30. The Hall–Kier alpha value is -2.34. The summed E-state index contributed by atoms with van der Waals surface area (Å²) in [6.07, 6.45) is 2.86. The third kappa shape index (κ3) is 2.35. The van der Waals surface area contributed by atoms with Gasteiger partial charge >= 0.3 is 0 Å². The molecule has 0 fully saturated rings. The number of nitrogens with one attached hydrogen (secondary N) is 1. The number of aromatic nitrogens is 4. The fraction of sp³-hybridized carbons (Fsp3) is 0.312. The minimum atomic E-state index is -0.285. The average Bonchev–Trinajstić information content (AvgIpc) is 2.91. The zero-order valence-electron chi connectivity index (χ0n) is 12.3. The number of para-hydroxylation sites is 1. The highest BCUT2D eigenvalue weighted by atomic mass is 19.1. The van der Waals surface area contributed by atoms with E-state index in [9.17, 15) is 4.39 Å². The smallest absolute Gasteiger partial charge is 0.151 e. The maximum atomic E-state index is 13.7. The number of hydrogen-bond donors (Lipinski definition) is 1. The lowest BCUT2D eigenvalue weighted by atomic mass is 10.1. The first-order valence-corrected chi connectivity index (χ1v) is 7.36. The van der Waals surface area contributed by atoms with Crippen LogP contribution in [0.3, 0.4) is 0 Å². The predicted molar refractivity (Wildman–Crippen MR) is 80.6 cm³/mol. The molecule has 0 bridgehead atoms. The van der Waals surface area contributed by atoms with Gasteiger partial charge in [-0.25, -0.2) is 19.3 Å². The summed E-state index contributed by atoms with van der Waals surface area (Å²) in [6, 6.07) is 4.97. The van der Waals surface area contributed by atoms with Crippen LogP contribution < -0.4 is 0 Å². The highest BCUT2D eigenvalue weighted by Crippen LogP contribution is 2.20. The van der Waals surface area contributed by atoms with Crippen LogP contribution in [0, 0.1) is 12.7 Å². The van der Waals surface area contributed by atoms with E-state index in [0.29, 0.717) is 12.1 Å². The first kappa shape index (κ1) is 13.3. The maximum Gasteiger partial charge on any atom is 0.151 e. The van der Waals surface area contributed by atoms with Gasteiger partial charge in [-0.05, 0) is 31.0 Å². The van der Waals surface area contributed by atoms with Gasteiger partial charge in [-0.1, -0.05) is 6.07 Å². The van der Waals surface area contributed by atoms with Crippen molar-refractivity contribution in [2.45, 2.75) is 26.4 Å². The Morgan fingerprint density at radius 1 is 1.32 bits per heavy atom. The number of halogens is 1. The summed E-state index contributed by atoms with van der Waals surface area (Å²) < 4.78 is 13.7. The van der Waals surface area contributed by atoms with Gasteiger partial charge in [0.15, 0.2) is 5.82 Å². The van der Waals surface area contributed by atoms with Gasteiger partial charge in [0.25, 0.3) is 0 Å². The molecule has 5 nitrogen and oxygen atoms in total. The van der Waals surface area contributed by atoms with Gasteiger partial charge in [-0.2, -0.15) is 0 Å². The van der Waals surface area contributed by atoms with Crippen molar-refractivity contribution in [2.75, 3.05) is 6.54 Å². The summed E-state index contributed by atoms with van der Waals surface area (Å²) in [7, 11) is 0. The zero-order chi connectivity index (χ0) is 15.1. The normalized spacial score (nSPS) is 15.2. The summed E-state index contributed by atoms with van der Waals surface area (Å²) in [5.41, 5.74) is 3.46. The van der Waals surface area contributed by atoms with Gasteiger partial charge in [-0.3, -0.25) is 4.90 Å². The van der Waals surface area contributed by atoms with E-state index in [2.05, 4.69) is 24.8 Å². The fourth-order valence-corrected chi connectivity index (χ4v) is 2.93. The van der Waals surface area contributed by atoms with Crippen LogP contribution in [0.25, 0.3) is 11.0 Å². The maximum absolute atomic E-state index is 13.7. The Labute approximate surface area is 127 Å². The number of aromatic amines is 1. The third-order valence-electron chi connectivity index (χ3n) is 4.03. The van der Waals surface area contributed by atoms with Crippen LogP contribution >= 0.6 is 0 Å². The number of rotatable bonds is 2. The molecule has 0 saturated heterocycles. The van der Waals surface area contributed by atoms with Crippen LogP contribution in [-0.2, 0) is 19.5 Å². The molecule has 0 spiro atoms. The molecule has 0 amide bonds. The number of aryl methyl sites for hydroxylation is 1. The van der Waals surface area contributed by atoms with Crippen LogP contribution in [0.5, 0.6) is 0 Å². The second-order valence-corrected chi connectivity index (χ2v) is 5.67. The standard InChI is InChI=1S/C16H16FN5/c1-10-18-7-11-5-6-22(8-14(11)19-10)9-15-20-13-4-2-3-12(17)16(13)21-15/h2-4,7H,5-6,8-9H2,1H3,(H,20,21). The predicted octanol–water partition coefficient (Wildman–Crippen LogP) is 2.36. The molecule has 1 aromatic carbocycles. The van der Waals surface area contributed by atoms with Crippen LogP contribution in [0.1, 0.15) is 22.9 Å². The molecule has 0 radical (unpaired) electrons. The highest BCUT2D eigenvalue weighted by Gasteiger charge is 2.19. The first-order valence-electron chi connectivity index (χ1n) is 7.36. The second-order valence-electron chi connectivity index (χ2n) is 5.67.